The molecule has 0 unspecified atom stereocenters. The summed E-state index contributed by atoms with van der Waals surface area (Å²) in [6.07, 6.45) is 0. The number of aromatic nitrogens is 4. The molecule has 4 aromatic rings. The van der Waals surface area contributed by atoms with E-state index in [9.17, 15) is 9.59 Å². The first-order valence-electron chi connectivity index (χ1n) is 9.21. The summed E-state index contributed by atoms with van der Waals surface area (Å²) in [6, 6.07) is 16.7. The Morgan fingerprint density at radius 3 is 2.34 bits per heavy atom. The Morgan fingerprint density at radius 2 is 1.62 bits per heavy atom. The SMILES string of the molecule is Cc1nn(-c2ccccc2)c(C)c1COC(=O)c1nn(C)c(=O)c2ccccc12. The highest BCUT2D eigenvalue weighted by Gasteiger charge is 2.19. The van der Waals surface area contributed by atoms with Gasteiger partial charge in [-0.05, 0) is 32.0 Å². The summed E-state index contributed by atoms with van der Waals surface area (Å²) in [7, 11) is 1.52. The van der Waals surface area contributed by atoms with Crippen LogP contribution in [-0.4, -0.2) is 25.5 Å². The number of carbonyl (C=O) groups excluding carboxylic acids is 1. The van der Waals surface area contributed by atoms with Gasteiger partial charge in [0.1, 0.15) is 6.61 Å². The van der Waals surface area contributed by atoms with Gasteiger partial charge in [-0.2, -0.15) is 10.2 Å². The molecule has 146 valence electrons. The lowest BCUT2D eigenvalue weighted by Crippen LogP contribution is -2.23. The van der Waals surface area contributed by atoms with Gasteiger partial charge in [0.2, 0.25) is 0 Å². The van der Waals surface area contributed by atoms with Gasteiger partial charge in [0.25, 0.3) is 5.56 Å². The maximum atomic E-state index is 12.8. The zero-order valence-corrected chi connectivity index (χ0v) is 16.4. The number of carbonyl (C=O) groups is 1. The van der Waals surface area contributed by atoms with Gasteiger partial charge in [-0.1, -0.05) is 36.4 Å². The van der Waals surface area contributed by atoms with Crippen LogP contribution in [-0.2, 0) is 18.4 Å². The van der Waals surface area contributed by atoms with Gasteiger partial charge in [0, 0.05) is 23.7 Å². The zero-order valence-electron chi connectivity index (χ0n) is 16.4. The summed E-state index contributed by atoms with van der Waals surface area (Å²) in [5.41, 5.74) is 3.34. The summed E-state index contributed by atoms with van der Waals surface area (Å²) in [6.45, 7) is 3.90. The lowest BCUT2D eigenvalue weighted by atomic mass is 10.1. The van der Waals surface area contributed by atoms with Crippen LogP contribution in [0.2, 0.25) is 0 Å². The van der Waals surface area contributed by atoms with Crippen LogP contribution in [0.15, 0.2) is 59.4 Å². The second kappa shape index (κ2) is 7.35. The van der Waals surface area contributed by atoms with Gasteiger partial charge in [-0.15, -0.1) is 0 Å². The fraction of sp³-hybridized carbons (Fsp3) is 0.182. The van der Waals surface area contributed by atoms with Crippen molar-refractivity contribution in [3.8, 4) is 5.69 Å². The van der Waals surface area contributed by atoms with Crippen molar-refractivity contribution >= 4 is 16.7 Å². The lowest BCUT2D eigenvalue weighted by molar-refractivity contribution is 0.0464. The first-order valence-corrected chi connectivity index (χ1v) is 9.21. The number of ether oxygens (including phenoxy) is 1. The van der Waals surface area contributed by atoms with Gasteiger partial charge in [-0.3, -0.25) is 4.79 Å². The summed E-state index contributed by atoms with van der Waals surface area (Å²) >= 11 is 0. The van der Waals surface area contributed by atoms with Crippen molar-refractivity contribution in [2.24, 2.45) is 7.05 Å². The number of benzene rings is 2. The number of hydrogen-bond acceptors (Lipinski definition) is 5. The first-order chi connectivity index (χ1) is 14.0. The molecular formula is C22H20N4O3. The minimum absolute atomic E-state index is 0.0716. The molecule has 2 aromatic carbocycles. The molecule has 0 aliphatic rings. The maximum Gasteiger partial charge on any atom is 0.359 e. The molecule has 2 heterocycles. The van der Waals surface area contributed by atoms with Crippen LogP contribution in [0.1, 0.15) is 27.4 Å². The van der Waals surface area contributed by atoms with Crippen LogP contribution in [0.3, 0.4) is 0 Å². The average Bonchev–Trinajstić information content (AvgIpc) is 3.03. The molecule has 7 nitrogen and oxygen atoms in total. The highest BCUT2D eigenvalue weighted by Crippen LogP contribution is 2.20. The second-order valence-electron chi connectivity index (χ2n) is 6.80. The predicted octanol–water partition coefficient (Wildman–Crippen LogP) is 3.09. The van der Waals surface area contributed by atoms with Crippen LogP contribution in [0.25, 0.3) is 16.5 Å². The molecule has 0 bridgehead atoms. The third kappa shape index (κ3) is 3.31. The predicted molar refractivity (Wildman–Crippen MR) is 109 cm³/mol. The van der Waals surface area contributed by atoms with E-state index >= 15 is 0 Å². The maximum absolute atomic E-state index is 12.8. The Balaban J connectivity index is 1.64. The number of para-hydroxylation sites is 1. The van der Waals surface area contributed by atoms with Crippen LogP contribution >= 0.6 is 0 Å². The molecule has 0 fully saturated rings. The Kier molecular flexibility index (Phi) is 4.72. The van der Waals surface area contributed by atoms with Gasteiger partial charge < -0.3 is 4.74 Å². The lowest BCUT2D eigenvalue weighted by Gasteiger charge is -2.09. The summed E-state index contributed by atoms with van der Waals surface area (Å²) in [4.78, 5) is 25.0. The quantitative estimate of drug-likeness (QED) is 0.502. The minimum Gasteiger partial charge on any atom is -0.456 e. The third-order valence-corrected chi connectivity index (χ3v) is 4.94. The normalized spacial score (nSPS) is 11.0. The standard InChI is InChI=1S/C22H20N4O3/c1-14-19(15(2)26(23-14)16-9-5-4-6-10-16)13-29-22(28)20-17-11-7-8-12-18(17)21(27)25(3)24-20/h4-12H,13H2,1-3H3. The number of fused-ring (bicyclic) bond motifs is 1. The second-order valence-corrected chi connectivity index (χ2v) is 6.80. The van der Waals surface area contributed by atoms with Gasteiger partial charge in [0.15, 0.2) is 5.69 Å². The molecule has 0 aliphatic carbocycles. The van der Waals surface area contributed by atoms with E-state index in [0.717, 1.165) is 27.3 Å². The van der Waals surface area contributed by atoms with E-state index < -0.39 is 5.97 Å². The van der Waals surface area contributed by atoms with Crippen molar-refractivity contribution in [1.82, 2.24) is 19.6 Å². The number of esters is 1. The molecule has 2 aromatic heterocycles. The molecule has 0 saturated heterocycles. The summed E-state index contributed by atoms with van der Waals surface area (Å²) in [5, 5.41) is 9.60. The molecule has 0 saturated carbocycles. The molecule has 0 spiro atoms. The Bertz CT molecular complexity index is 1270. The zero-order chi connectivity index (χ0) is 20.5. The molecule has 7 heteroatoms. The Morgan fingerprint density at radius 1 is 0.966 bits per heavy atom. The molecule has 4 rings (SSSR count). The molecular weight excluding hydrogens is 368 g/mol. The third-order valence-electron chi connectivity index (χ3n) is 4.94. The highest BCUT2D eigenvalue weighted by atomic mass is 16.5. The number of nitrogens with zero attached hydrogens (tertiary/aromatic N) is 4. The number of rotatable bonds is 4. The molecule has 0 aliphatic heterocycles. The van der Waals surface area contributed by atoms with Crippen LogP contribution in [0.4, 0.5) is 0 Å². The van der Waals surface area contributed by atoms with Crippen LogP contribution < -0.4 is 5.56 Å². The topological polar surface area (TPSA) is 79.0 Å². The highest BCUT2D eigenvalue weighted by molar-refractivity contribution is 6.02. The largest absolute Gasteiger partial charge is 0.456 e. The van der Waals surface area contributed by atoms with Crippen molar-refractivity contribution in [1.29, 1.82) is 0 Å². The fourth-order valence-corrected chi connectivity index (χ4v) is 3.36. The minimum atomic E-state index is -0.580. The van der Waals surface area contributed by atoms with E-state index in [0.29, 0.717) is 10.8 Å². The van der Waals surface area contributed by atoms with Crippen molar-refractivity contribution in [2.75, 3.05) is 0 Å². The fourth-order valence-electron chi connectivity index (χ4n) is 3.36. The molecule has 0 radical (unpaired) electrons. The Labute approximate surface area is 167 Å². The van der Waals surface area contributed by atoms with E-state index in [2.05, 4.69) is 10.2 Å². The van der Waals surface area contributed by atoms with E-state index in [4.69, 9.17) is 4.74 Å². The first kappa shape index (κ1) is 18.6. The van der Waals surface area contributed by atoms with Crippen molar-refractivity contribution in [2.45, 2.75) is 20.5 Å². The molecule has 0 N–H and O–H groups in total. The van der Waals surface area contributed by atoms with Gasteiger partial charge >= 0.3 is 5.97 Å². The monoisotopic (exact) mass is 388 g/mol. The molecule has 0 amide bonds. The van der Waals surface area contributed by atoms with E-state index in [-0.39, 0.29) is 17.9 Å². The van der Waals surface area contributed by atoms with Gasteiger partial charge in [-0.25, -0.2) is 14.2 Å². The molecule has 29 heavy (non-hydrogen) atoms. The number of hydrogen-bond donors (Lipinski definition) is 0. The van der Waals surface area contributed by atoms with Crippen LogP contribution in [0.5, 0.6) is 0 Å². The van der Waals surface area contributed by atoms with Crippen molar-refractivity contribution < 1.29 is 9.53 Å². The smallest absolute Gasteiger partial charge is 0.359 e. The summed E-state index contributed by atoms with van der Waals surface area (Å²) in [5.74, 6) is -0.580. The Hall–Kier alpha value is -3.74. The number of aryl methyl sites for hydroxylation is 2. The molecule has 0 atom stereocenters. The van der Waals surface area contributed by atoms with Crippen molar-refractivity contribution in [3.05, 3.63) is 87.6 Å². The van der Waals surface area contributed by atoms with Crippen LogP contribution in [0, 0.1) is 13.8 Å². The van der Waals surface area contributed by atoms with E-state index in [1.165, 1.54) is 7.05 Å². The average molecular weight is 388 g/mol. The van der Waals surface area contributed by atoms with E-state index in [1.807, 2.05) is 48.9 Å². The van der Waals surface area contributed by atoms with E-state index in [1.54, 1.807) is 24.3 Å². The van der Waals surface area contributed by atoms with Gasteiger partial charge in [0.05, 0.1) is 16.8 Å². The summed E-state index contributed by atoms with van der Waals surface area (Å²) < 4.78 is 8.55. The van der Waals surface area contributed by atoms with Crippen molar-refractivity contribution in [3.63, 3.8) is 0 Å².